The Morgan fingerprint density at radius 3 is 2.83 bits per heavy atom. The van der Waals surface area contributed by atoms with Gasteiger partial charge in [0.25, 0.3) is 0 Å². The van der Waals surface area contributed by atoms with Crippen molar-refractivity contribution >= 4 is 15.9 Å². The number of aryl methyl sites for hydroxylation is 2. The molecule has 18 heavy (non-hydrogen) atoms. The second kappa shape index (κ2) is 6.20. The van der Waals surface area contributed by atoms with Crippen LogP contribution >= 0.6 is 15.9 Å². The summed E-state index contributed by atoms with van der Waals surface area (Å²) in [5, 5.41) is 8.15. The van der Waals surface area contributed by atoms with Crippen molar-refractivity contribution in [2.24, 2.45) is 5.92 Å². The van der Waals surface area contributed by atoms with E-state index < -0.39 is 0 Å². The fourth-order valence-corrected chi connectivity index (χ4v) is 3.52. The molecule has 3 nitrogen and oxygen atoms in total. The molecule has 1 aliphatic carbocycles. The van der Waals surface area contributed by atoms with Crippen molar-refractivity contribution < 1.29 is 0 Å². The predicted octanol–water partition coefficient (Wildman–Crippen LogP) is 3.29. The van der Waals surface area contributed by atoms with Gasteiger partial charge in [0.1, 0.15) is 0 Å². The Morgan fingerprint density at radius 2 is 2.17 bits per heavy atom. The molecule has 4 heteroatoms. The van der Waals surface area contributed by atoms with Gasteiger partial charge in [-0.2, -0.15) is 5.10 Å². The Hall–Kier alpha value is -0.350. The lowest BCUT2D eigenvalue weighted by atomic mass is 10.0. The summed E-state index contributed by atoms with van der Waals surface area (Å²) in [5.74, 6) is 0.812. The van der Waals surface area contributed by atoms with Crippen LogP contribution in [0.4, 0.5) is 0 Å². The van der Waals surface area contributed by atoms with Crippen LogP contribution < -0.4 is 5.32 Å². The summed E-state index contributed by atoms with van der Waals surface area (Å²) in [6.45, 7) is 8.49. The smallest absolute Gasteiger partial charge is 0.0738 e. The van der Waals surface area contributed by atoms with Crippen LogP contribution in [0.25, 0.3) is 0 Å². The van der Waals surface area contributed by atoms with Crippen LogP contribution in [0.3, 0.4) is 0 Å². The molecular weight excluding hydrogens is 290 g/mol. The minimum Gasteiger partial charge on any atom is -0.314 e. The summed E-state index contributed by atoms with van der Waals surface area (Å²) < 4.78 is 3.37. The molecule has 0 aliphatic heterocycles. The molecule has 1 aromatic heterocycles. The fourth-order valence-electron chi connectivity index (χ4n) is 3.07. The zero-order valence-electron chi connectivity index (χ0n) is 11.7. The molecule has 0 radical (unpaired) electrons. The summed E-state index contributed by atoms with van der Waals surface area (Å²) in [6.07, 6.45) is 5.15. The van der Waals surface area contributed by atoms with Crippen molar-refractivity contribution in [3.05, 3.63) is 15.9 Å². The highest BCUT2D eigenvalue weighted by Gasteiger charge is 2.26. The first-order valence-corrected chi connectivity index (χ1v) is 7.90. The topological polar surface area (TPSA) is 29.9 Å². The maximum absolute atomic E-state index is 4.58. The zero-order chi connectivity index (χ0) is 13.1. The van der Waals surface area contributed by atoms with E-state index >= 15 is 0 Å². The number of halogens is 1. The van der Waals surface area contributed by atoms with Gasteiger partial charge >= 0.3 is 0 Å². The molecule has 1 aromatic rings. The van der Waals surface area contributed by atoms with Crippen LogP contribution in [0.15, 0.2) is 4.47 Å². The van der Waals surface area contributed by atoms with Crippen molar-refractivity contribution in [1.82, 2.24) is 15.1 Å². The van der Waals surface area contributed by atoms with Crippen LogP contribution in [0, 0.1) is 12.8 Å². The summed E-state index contributed by atoms with van der Waals surface area (Å²) in [5.41, 5.74) is 2.50. The molecule has 1 N–H and O–H groups in total. The van der Waals surface area contributed by atoms with Crippen molar-refractivity contribution in [3.63, 3.8) is 0 Å². The second-order valence-electron chi connectivity index (χ2n) is 5.30. The Kier molecular flexibility index (Phi) is 4.84. The van der Waals surface area contributed by atoms with Crippen molar-refractivity contribution in [2.45, 2.75) is 59.0 Å². The lowest BCUT2D eigenvalue weighted by Crippen LogP contribution is -2.26. The maximum Gasteiger partial charge on any atom is 0.0738 e. The van der Waals surface area contributed by atoms with Crippen molar-refractivity contribution in [2.75, 3.05) is 6.54 Å². The Labute approximate surface area is 118 Å². The quantitative estimate of drug-likeness (QED) is 0.904. The lowest BCUT2D eigenvalue weighted by Gasteiger charge is -2.13. The molecule has 1 heterocycles. The molecule has 102 valence electrons. The molecule has 1 fully saturated rings. The SMILES string of the molecule is CCNC1CCC(Cc2c(Br)c(C)nn2CC)C1. The third-order valence-corrected chi connectivity index (χ3v) is 5.00. The molecule has 0 aromatic carbocycles. The number of hydrogen-bond acceptors (Lipinski definition) is 2. The van der Waals surface area contributed by atoms with Crippen LogP contribution in [0.5, 0.6) is 0 Å². The third kappa shape index (κ3) is 2.97. The van der Waals surface area contributed by atoms with Gasteiger partial charge in [-0.05, 0) is 67.9 Å². The van der Waals surface area contributed by atoms with Gasteiger partial charge in [0.05, 0.1) is 15.9 Å². The molecule has 0 spiro atoms. The second-order valence-corrected chi connectivity index (χ2v) is 6.09. The number of hydrogen-bond donors (Lipinski definition) is 1. The van der Waals surface area contributed by atoms with Gasteiger partial charge in [0.2, 0.25) is 0 Å². The average molecular weight is 314 g/mol. The number of nitrogens with one attached hydrogen (secondary N) is 1. The van der Waals surface area contributed by atoms with Gasteiger partial charge in [-0.3, -0.25) is 4.68 Å². The van der Waals surface area contributed by atoms with Crippen LogP contribution in [0.2, 0.25) is 0 Å². The number of rotatable bonds is 5. The number of nitrogens with zero attached hydrogens (tertiary/aromatic N) is 2. The third-order valence-electron chi connectivity index (χ3n) is 3.97. The van der Waals surface area contributed by atoms with Crippen LogP contribution in [-0.2, 0) is 13.0 Å². The Morgan fingerprint density at radius 1 is 1.39 bits per heavy atom. The van der Waals surface area contributed by atoms with E-state index in [1.54, 1.807) is 0 Å². The first kappa shape index (κ1) is 14.1. The molecular formula is C14H24BrN3. The molecule has 1 aliphatic rings. The van der Waals surface area contributed by atoms with E-state index in [9.17, 15) is 0 Å². The monoisotopic (exact) mass is 313 g/mol. The minimum atomic E-state index is 0.734. The van der Waals surface area contributed by atoms with Gasteiger partial charge < -0.3 is 5.32 Å². The van der Waals surface area contributed by atoms with Crippen LogP contribution in [-0.4, -0.2) is 22.4 Å². The summed E-state index contributed by atoms with van der Waals surface area (Å²) >= 11 is 3.70. The summed E-state index contributed by atoms with van der Waals surface area (Å²) in [4.78, 5) is 0. The van der Waals surface area contributed by atoms with E-state index in [2.05, 4.69) is 51.8 Å². The fraction of sp³-hybridized carbons (Fsp3) is 0.786. The van der Waals surface area contributed by atoms with E-state index in [-0.39, 0.29) is 0 Å². The molecule has 0 saturated heterocycles. The summed E-state index contributed by atoms with van der Waals surface area (Å²) in [6, 6.07) is 0.734. The van der Waals surface area contributed by atoms with Gasteiger partial charge in [-0.15, -0.1) is 0 Å². The highest BCUT2D eigenvalue weighted by Crippen LogP contribution is 2.32. The van der Waals surface area contributed by atoms with E-state index in [0.717, 1.165) is 37.2 Å². The Bertz CT molecular complexity index is 400. The minimum absolute atomic E-state index is 0.734. The van der Waals surface area contributed by atoms with Gasteiger partial charge in [0.15, 0.2) is 0 Å². The molecule has 2 rings (SSSR count). The predicted molar refractivity (Wildman–Crippen MR) is 78.8 cm³/mol. The average Bonchev–Trinajstić information content (AvgIpc) is 2.90. The maximum atomic E-state index is 4.58. The molecule has 2 atom stereocenters. The van der Waals surface area contributed by atoms with Gasteiger partial charge in [0, 0.05) is 12.6 Å². The molecule has 0 amide bonds. The van der Waals surface area contributed by atoms with Crippen molar-refractivity contribution in [3.8, 4) is 0 Å². The highest BCUT2D eigenvalue weighted by atomic mass is 79.9. The van der Waals surface area contributed by atoms with E-state index in [4.69, 9.17) is 0 Å². The highest BCUT2D eigenvalue weighted by molar-refractivity contribution is 9.10. The lowest BCUT2D eigenvalue weighted by molar-refractivity contribution is 0.475. The Balaban J connectivity index is 2.02. The van der Waals surface area contributed by atoms with E-state index in [1.807, 2.05) is 0 Å². The van der Waals surface area contributed by atoms with Gasteiger partial charge in [-0.1, -0.05) is 6.92 Å². The van der Waals surface area contributed by atoms with E-state index in [0.29, 0.717) is 0 Å². The molecule has 0 bridgehead atoms. The molecule has 2 unspecified atom stereocenters. The number of aromatic nitrogens is 2. The van der Waals surface area contributed by atoms with Gasteiger partial charge in [-0.25, -0.2) is 0 Å². The van der Waals surface area contributed by atoms with E-state index in [1.165, 1.54) is 29.4 Å². The first-order valence-electron chi connectivity index (χ1n) is 7.10. The normalized spacial score (nSPS) is 23.8. The standard InChI is InChI=1S/C14H24BrN3/c1-4-16-12-7-6-11(8-12)9-13-14(15)10(3)17-18(13)5-2/h11-12,16H,4-9H2,1-3H3. The van der Waals surface area contributed by atoms with Crippen LogP contribution in [0.1, 0.15) is 44.5 Å². The summed E-state index contributed by atoms with van der Waals surface area (Å²) in [7, 11) is 0. The first-order chi connectivity index (χ1) is 8.65. The largest absolute Gasteiger partial charge is 0.314 e. The zero-order valence-corrected chi connectivity index (χ0v) is 13.3. The molecule has 1 saturated carbocycles. The van der Waals surface area contributed by atoms with Crippen molar-refractivity contribution in [1.29, 1.82) is 0 Å².